The summed E-state index contributed by atoms with van der Waals surface area (Å²) in [6.07, 6.45) is 0. The van der Waals surface area contributed by atoms with Gasteiger partial charge in [-0.15, -0.1) is 0 Å². The second-order valence-corrected chi connectivity index (χ2v) is 3.94. The van der Waals surface area contributed by atoms with Crippen molar-refractivity contribution in [2.75, 3.05) is 6.61 Å². The Labute approximate surface area is 96.5 Å². The van der Waals surface area contributed by atoms with Crippen LogP contribution in [-0.2, 0) is 4.74 Å². The van der Waals surface area contributed by atoms with E-state index in [1.807, 2.05) is 17.7 Å². The number of H-pyrrole nitrogens is 1. The molecule has 0 aromatic carbocycles. The molecule has 2 heterocycles. The van der Waals surface area contributed by atoms with Crippen LogP contribution >= 0.6 is 11.3 Å². The summed E-state index contributed by atoms with van der Waals surface area (Å²) in [7, 11) is 0. The standard InChI is InChI=1S/C10H11N3O2S/c1-3-15-10(14)9-11-8(12-13-9)7-5-16-4-6(7)2/h4-5H,3H2,1-2H3,(H,11,12,13). The molecule has 6 heteroatoms. The topological polar surface area (TPSA) is 67.9 Å². The van der Waals surface area contributed by atoms with Gasteiger partial charge in [0.05, 0.1) is 6.61 Å². The van der Waals surface area contributed by atoms with E-state index in [1.54, 1.807) is 18.3 Å². The minimum Gasteiger partial charge on any atom is -0.460 e. The van der Waals surface area contributed by atoms with Crippen molar-refractivity contribution in [1.82, 2.24) is 15.2 Å². The highest BCUT2D eigenvalue weighted by Gasteiger charge is 2.15. The molecule has 0 saturated heterocycles. The number of rotatable bonds is 3. The lowest BCUT2D eigenvalue weighted by Gasteiger charge is -1.95. The largest absolute Gasteiger partial charge is 0.460 e. The van der Waals surface area contributed by atoms with Crippen LogP contribution in [0.5, 0.6) is 0 Å². The molecule has 5 nitrogen and oxygen atoms in total. The molecule has 0 aliphatic carbocycles. The van der Waals surface area contributed by atoms with Gasteiger partial charge in [0.2, 0.25) is 5.82 Å². The zero-order valence-corrected chi connectivity index (χ0v) is 9.80. The van der Waals surface area contributed by atoms with Crippen molar-refractivity contribution in [3.63, 3.8) is 0 Å². The van der Waals surface area contributed by atoms with E-state index in [1.165, 1.54) is 0 Å². The quantitative estimate of drug-likeness (QED) is 0.829. The van der Waals surface area contributed by atoms with Crippen LogP contribution in [0.25, 0.3) is 11.4 Å². The minimum atomic E-state index is -0.478. The lowest BCUT2D eigenvalue weighted by molar-refractivity contribution is 0.0512. The number of esters is 1. The van der Waals surface area contributed by atoms with E-state index in [0.717, 1.165) is 11.1 Å². The van der Waals surface area contributed by atoms with E-state index in [-0.39, 0.29) is 5.82 Å². The zero-order valence-electron chi connectivity index (χ0n) is 8.98. The number of nitrogens with one attached hydrogen (secondary N) is 1. The van der Waals surface area contributed by atoms with Crippen molar-refractivity contribution in [2.45, 2.75) is 13.8 Å². The number of aromatic amines is 1. The summed E-state index contributed by atoms with van der Waals surface area (Å²) in [5.74, 6) is 0.193. The molecule has 0 amide bonds. The maximum atomic E-state index is 11.4. The second-order valence-electron chi connectivity index (χ2n) is 3.20. The Hall–Kier alpha value is -1.69. The molecular formula is C10H11N3O2S. The fourth-order valence-electron chi connectivity index (χ4n) is 1.26. The number of hydrogen-bond donors (Lipinski definition) is 1. The van der Waals surface area contributed by atoms with Gasteiger partial charge in [0.15, 0.2) is 5.82 Å². The molecule has 2 aromatic rings. The molecule has 0 unspecified atom stereocenters. The highest BCUT2D eigenvalue weighted by Crippen LogP contribution is 2.23. The molecule has 0 aliphatic heterocycles. The van der Waals surface area contributed by atoms with Crippen molar-refractivity contribution in [3.05, 3.63) is 22.1 Å². The molecule has 0 spiro atoms. The number of ether oxygens (including phenoxy) is 1. The van der Waals surface area contributed by atoms with E-state index in [9.17, 15) is 4.79 Å². The summed E-state index contributed by atoms with van der Waals surface area (Å²) in [6.45, 7) is 4.05. The average molecular weight is 237 g/mol. The second kappa shape index (κ2) is 4.44. The summed E-state index contributed by atoms with van der Waals surface area (Å²) in [5.41, 5.74) is 2.04. The van der Waals surface area contributed by atoms with Gasteiger partial charge >= 0.3 is 5.97 Å². The highest BCUT2D eigenvalue weighted by molar-refractivity contribution is 7.08. The SMILES string of the molecule is CCOC(=O)c1nc(-c2cscc2C)n[nH]1. The lowest BCUT2D eigenvalue weighted by atomic mass is 10.2. The molecule has 84 valence electrons. The van der Waals surface area contributed by atoms with Gasteiger partial charge in [-0.25, -0.2) is 9.78 Å². The van der Waals surface area contributed by atoms with Gasteiger partial charge in [0.1, 0.15) is 0 Å². The Morgan fingerprint density at radius 2 is 2.38 bits per heavy atom. The predicted octanol–water partition coefficient (Wildman–Crippen LogP) is 2.02. The molecule has 2 rings (SSSR count). The number of thiophene rings is 1. The van der Waals surface area contributed by atoms with E-state index in [4.69, 9.17) is 4.74 Å². The van der Waals surface area contributed by atoms with E-state index < -0.39 is 5.97 Å². The Balaban J connectivity index is 2.26. The molecule has 0 fully saturated rings. The first-order chi connectivity index (χ1) is 7.72. The molecule has 1 N–H and O–H groups in total. The van der Waals surface area contributed by atoms with Gasteiger partial charge in [-0.05, 0) is 24.8 Å². The molecular weight excluding hydrogens is 226 g/mol. The van der Waals surface area contributed by atoms with Crippen molar-refractivity contribution in [2.24, 2.45) is 0 Å². The average Bonchev–Trinajstić information content (AvgIpc) is 2.86. The Bertz CT molecular complexity index is 504. The number of aryl methyl sites for hydroxylation is 1. The van der Waals surface area contributed by atoms with E-state index in [0.29, 0.717) is 12.4 Å². The Morgan fingerprint density at radius 3 is 3.00 bits per heavy atom. The normalized spacial score (nSPS) is 10.4. The van der Waals surface area contributed by atoms with Gasteiger partial charge in [-0.3, -0.25) is 5.10 Å². The summed E-state index contributed by atoms with van der Waals surface area (Å²) in [5, 5.41) is 10.5. The predicted molar refractivity (Wildman–Crippen MR) is 60.4 cm³/mol. The number of nitrogens with zero attached hydrogens (tertiary/aromatic N) is 2. The molecule has 2 aromatic heterocycles. The molecule has 0 atom stereocenters. The molecule has 16 heavy (non-hydrogen) atoms. The minimum absolute atomic E-state index is 0.141. The molecule has 0 bridgehead atoms. The van der Waals surface area contributed by atoms with Crippen LogP contribution in [0.4, 0.5) is 0 Å². The van der Waals surface area contributed by atoms with Crippen LogP contribution < -0.4 is 0 Å². The highest BCUT2D eigenvalue weighted by atomic mass is 32.1. The summed E-state index contributed by atoms with van der Waals surface area (Å²) in [6, 6.07) is 0. The summed E-state index contributed by atoms with van der Waals surface area (Å²) in [4.78, 5) is 15.5. The fraction of sp³-hybridized carbons (Fsp3) is 0.300. The molecule has 0 saturated carbocycles. The van der Waals surface area contributed by atoms with Crippen LogP contribution in [0.1, 0.15) is 23.1 Å². The number of aromatic nitrogens is 3. The number of carbonyl (C=O) groups is 1. The van der Waals surface area contributed by atoms with Crippen molar-refractivity contribution < 1.29 is 9.53 Å². The monoisotopic (exact) mass is 237 g/mol. The first-order valence-electron chi connectivity index (χ1n) is 4.85. The smallest absolute Gasteiger partial charge is 0.375 e. The molecule has 0 aliphatic rings. The first-order valence-corrected chi connectivity index (χ1v) is 5.79. The third-order valence-corrected chi connectivity index (χ3v) is 2.91. The van der Waals surface area contributed by atoms with Gasteiger partial charge in [0.25, 0.3) is 0 Å². The fourth-order valence-corrected chi connectivity index (χ4v) is 2.09. The third kappa shape index (κ3) is 1.96. The van der Waals surface area contributed by atoms with Crippen molar-refractivity contribution in [1.29, 1.82) is 0 Å². The zero-order chi connectivity index (χ0) is 11.5. The van der Waals surface area contributed by atoms with Gasteiger partial charge in [0, 0.05) is 10.9 Å². The van der Waals surface area contributed by atoms with Crippen LogP contribution in [0.2, 0.25) is 0 Å². The maximum Gasteiger partial charge on any atom is 0.375 e. The van der Waals surface area contributed by atoms with Crippen LogP contribution in [-0.4, -0.2) is 27.8 Å². The van der Waals surface area contributed by atoms with E-state index >= 15 is 0 Å². The van der Waals surface area contributed by atoms with Gasteiger partial charge in [-0.2, -0.15) is 16.4 Å². The maximum absolute atomic E-state index is 11.4. The molecule has 0 radical (unpaired) electrons. The van der Waals surface area contributed by atoms with Gasteiger partial charge in [-0.1, -0.05) is 0 Å². The summed E-state index contributed by atoms with van der Waals surface area (Å²) < 4.78 is 4.82. The van der Waals surface area contributed by atoms with Crippen LogP contribution in [0.15, 0.2) is 10.8 Å². The Kier molecular flexibility index (Phi) is 3.00. The van der Waals surface area contributed by atoms with E-state index in [2.05, 4.69) is 15.2 Å². The third-order valence-electron chi connectivity index (χ3n) is 2.05. The van der Waals surface area contributed by atoms with Crippen LogP contribution in [0.3, 0.4) is 0 Å². The number of hydrogen-bond acceptors (Lipinski definition) is 5. The summed E-state index contributed by atoms with van der Waals surface area (Å²) >= 11 is 1.58. The first kappa shape index (κ1) is 10.8. The number of carbonyl (C=O) groups excluding carboxylic acids is 1. The van der Waals surface area contributed by atoms with Crippen molar-refractivity contribution in [3.8, 4) is 11.4 Å². The lowest BCUT2D eigenvalue weighted by Crippen LogP contribution is -2.06. The van der Waals surface area contributed by atoms with Gasteiger partial charge < -0.3 is 4.74 Å². The Morgan fingerprint density at radius 1 is 1.56 bits per heavy atom. The van der Waals surface area contributed by atoms with Crippen molar-refractivity contribution >= 4 is 17.3 Å². The van der Waals surface area contributed by atoms with Crippen LogP contribution in [0, 0.1) is 6.92 Å².